The van der Waals surface area contributed by atoms with Crippen LogP contribution in [-0.2, 0) is 28.4 Å². The number of pyridine rings is 1. The topological polar surface area (TPSA) is 97.8 Å². The van der Waals surface area contributed by atoms with Gasteiger partial charge >= 0.3 is 0 Å². The van der Waals surface area contributed by atoms with Gasteiger partial charge in [0.05, 0.1) is 12.8 Å². The molecule has 0 aliphatic heterocycles. The first kappa shape index (κ1) is 16.7. The average Bonchev–Trinajstić information content (AvgIpc) is 3.30. The lowest BCUT2D eigenvalue weighted by Gasteiger charge is -2.03. The van der Waals surface area contributed by atoms with E-state index in [2.05, 4.69) is 26.2 Å². The van der Waals surface area contributed by atoms with E-state index < -0.39 is 9.84 Å². The molecule has 2 heterocycles. The number of H-pyrrole nitrogens is 1. The molecule has 8 heteroatoms. The largest absolute Gasteiger partial charge is 0.481 e. The summed E-state index contributed by atoms with van der Waals surface area (Å²) in [5.41, 5.74) is 3.85. The summed E-state index contributed by atoms with van der Waals surface area (Å²) in [5.74, 6) is 0.481. The highest BCUT2D eigenvalue weighted by atomic mass is 32.2. The molecule has 1 aromatic carbocycles. The highest BCUT2D eigenvalue weighted by Crippen LogP contribution is 2.27. The van der Waals surface area contributed by atoms with Crippen molar-refractivity contribution in [2.45, 2.75) is 30.2 Å². The van der Waals surface area contributed by atoms with Gasteiger partial charge in [-0.05, 0) is 42.5 Å². The number of aromatic amines is 1. The van der Waals surface area contributed by atoms with E-state index in [9.17, 15) is 8.42 Å². The van der Waals surface area contributed by atoms with Gasteiger partial charge in [-0.2, -0.15) is 10.1 Å². The minimum Gasteiger partial charge on any atom is -0.481 e. The van der Waals surface area contributed by atoms with Crippen LogP contribution in [0.3, 0.4) is 0 Å². The Kier molecular flexibility index (Phi) is 4.20. The summed E-state index contributed by atoms with van der Waals surface area (Å²) < 4.78 is 30.3. The first-order valence-corrected chi connectivity index (χ1v) is 9.98. The van der Waals surface area contributed by atoms with Gasteiger partial charge in [0.2, 0.25) is 20.9 Å². The lowest BCUT2D eigenvalue weighted by Crippen LogP contribution is -2.08. The summed E-state index contributed by atoms with van der Waals surface area (Å²) in [5, 5.41) is 6.49. The van der Waals surface area contributed by atoms with Crippen molar-refractivity contribution in [1.82, 2.24) is 20.2 Å². The monoisotopic (exact) mass is 370 g/mol. The summed E-state index contributed by atoms with van der Waals surface area (Å²) in [6.07, 6.45) is 3.29. The van der Waals surface area contributed by atoms with Crippen LogP contribution < -0.4 is 4.74 Å². The molecule has 0 unspecified atom stereocenters. The maximum Gasteiger partial charge on any atom is 0.243 e. The summed E-state index contributed by atoms with van der Waals surface area (Å²) in [4.78, 5) is 8.35. The Hall–Kier alpha value is -2.74. The Labute approximate surface area is 151 Å². The van der Waals surface area contributed by atoms with Gasteiger partial charge < -0.3 is 4.74 Å². The van der Waals surface area contributed by atoms with Crippen molar-refractivity contribution in [2.24, 2.45) is 0 Å². The molecule has 2 aromatic heterocycles. The van der Waals surface area contributed by atoms with Gasteiger partial charge in [0.15, 0.2) is 5.82 Å². The van der Waals surface area contributed by atoms with E-state index in [0.29, 0.717) is 17.4 Å². The van der Waals surface area contributed by atoms with E-state index in [1.165, 1.54) is 18.2 Å². The molecule has 7 nitrogen and oxygen atoms in total. The normalized spacial score (nSPS) is 13.6. The van der Waals surface area contributed by atoms with E-state index in [1.54, 1.807) is 18.2 Å². The highest BCUT2D eigenvalue weighted by Gasteiger charge is 2.22. The SMILES string of the molecule is COc1cccc(CS(=O)(=O)c2nc(-c3ccc4c(c3)CCC4)n[nH]2)n1. The van der Waals surface area contributed by atoms with Crippen LogP contribution in [0.5, 0.6) is 5.88 Å². The van der Waals surface area contributed by atoms with Crippen LogP contribution >= 0.6 is 0 Å². The van der Waals surface area contributed by atoms with Crippen molar-refractivity contribution in [2.75, 3.05) is 7.11 Å². The third-order valence-corrected chi connectivity index (χ3v) is 5.89. The van der Waals surface area contributed by atoms with E-state index in [1.807, 2.05) is 12.1 Å². The highest BCUT2D eigenvalue weighted by molar-refractivity contribution is 7.90. The molecule has 0 atom stereocenters. The fourth-order valence-electron chi connectivity index (χ4n) is 3.14. The van der Waals surface area contributed by atoms with Crippen LogP contribution in [0.2, 0.25) is 0 Å². The third-order valence-electron chi connectivity index (χ3n) is 4.44. The minimum atomic E-state index is -3.68. The number of ether oxygens (including phenoxy) is 1. The Morgan fingerprint density at radius 2 is 1.96 bits per heavy atom. The van der Waals surface area contributed by atoms with Crippen molar-refractivity contribution in [3.63, 3.8) is 0 Å². The number of rotatable bonds is 5. The van der Waals surface area contributed by atoms with Crippen molar-refractivity contribution < 1.29 is 13.2 Å². The van der Waals surface area contributed by atoms with Crippen LogP contribution in [0.25, 0.3) is 11.4 Å². The number of benzene rings is 1. The van der Waals surface area contributed by atoms with Crippen LogP contribution in [0, 0.1) is 0 Å². The van der Waals surface area contributed by atoms with Gasteiger partial charge in [0.25, 0.3) is 0 Å². The number of nitrogens with zero attached hydrogens (tertiary/aromatic N) is 3. The molecule has 4 rings (SSSR count). The molecule has 1 aliphatic carbocycles. The first-order valence-electron chi connectivity index (χ1n) is 8.32. The molecular formula is C18H18N4O3S. The molecule has 0 saturated carbocycles. The van der Waals surface area contributed by atoms with Crippen LogP contribution in [0.15, 0.2) is 41.6 Å². The van der Waals surface area contributed by atoms with Gasteiger partial charge in [0, 0.05) is 11.6 Å². The molecular weight excluding hydrogens is 352 g/mol. The minimum absolute atomic E-state index is 0.155. The van der Waals surface area contributed by atoms with Crippen molar-refractivity contribution >= 4 is 9.84 Å². The molecule has 0 radical (unpaired) electrons. The number of hydrogen-bond donors (Lipinski definition) is 1. The number of aromatic nitrogens is 4. The fourth-order valence-corrected chi connectivity index (χ4v) is 4.24. The summed E-state index contributed by atoms with van der Waals surface area (Å²) >= 11 is 0. The first-order chi connectivity index (χ1) is 12.5. The summed E-state index contributed by atoms with van der Waals surface area (Å²) in [6, 6.07) is 11.1. The van der Waals surface area contributed by atoms with Crippen molar-refractivity contribution in [1.29, 1.82) is 0 Å². The number of aryl methyl sites for hydroxylation is 2. The van der Waals surface area contributed by atoms with E-state index >= 15 is 0 Å². The van der Waals surface area contributed by atoms with Gasteiger partial charge in [0.1, 0.15) is 5.75 Å². The maximum atomic E-state index is 12.6. The van der Waals surface area contributed by atoms with E-state index in [4.69, 9.17) is 4.74 Å². The van der Waals surface area contributed by atoms with Gasteiger partial charge in [-0.1, -0.05) is 18.2 Å². The smallest absolute Gasteiger partial charge is 0.243 e. The van der Waals surface area contributed by atoms with Crippen LogP contribution in [0.4, 0.5) is 0 Å². The molecule has 3 aromatic rings. The molecule has 1 N–H and O–H groups in total. The Morgan fingerprint density at radius 1 is 1.12 bits per heavy atom. The van der Waals surface area contributed by atoms with Gasteiger partial charge in [-0.25, -0.2) is 18.5 Å². The van der Waals surface area contributed by atoms with Gasteiger partial charge in [-0.15, -0.1) is 0 Å². The lowest BCUT2D eigenvalue weighted by molar-refractivity contribution is 0.396. The second kappa shape index (κ2) is 6.53. The summed E-state index contributed by atoms with van der Waals surface area (Å²) in [6.45, 7) is 0. The number of nitrogens with one attached hydrogen (secondary N) is 1. The second-order valence-corrected chi connectivity index (χ2v) is 8.14. The number of methoxy groups -OCH3 is 1. The van der Waals surface area contributed by atoms with Crippen molar-refractivity contribution in [3.05, 3.63) is 53.2 Å². The molecule has 0 saturated heterocycles. The Bertz CT molecular complexity index is 1060. The van der Waals surface area contributed by atoms with Crippen LogP contribution in [-0.4, -0.2) is 35.7 Å². The third kappa shape index (κ3) is 3.20. The zero-order valence-electron chi connectivity index (χ0n) is 14.3. The Morgan fingerprint density at radius 3 is 2.81 bits per heavy atom. The second-order valence-electron chi connectivity index (χ2n) is 6.23. The number of sulfone groups is 1. The zero-order chi connectivity index (χ0) is 18.1. The number of fused-ring (bicyclic) bond motifs is 1. The van der Waals surface area contributed by atoms with E-state index in [-0.39, 0.29) is 10.9 Å². The average molecular weight is 370 g/mol. The zero-order valence-corrected chi connectivity index (χ0v) is 15.1. The summed E-state index contributed by atoms with van der Waals surface area (Å²) in [7, 11) is -2.20. The molecule has 26 heavy (non-hydrogen) atoms. The molecule has 0 fully saturated rings. The quantitative estimate of drug-likeness (QED) is 0.740. The van der Waals surface area contributed by atoms with E-state index in [0.717, 1.165) is 24.8 Å². The van der Waals surface area contributed by atoms with Crippen LogP contribution in [0.1, 0.15) is 23.2 Å². The van der Waals surface area contributed by atoms with Crippen molar-refractivity contribution in [3.8, 4) is 17.3 Å². The maximum absolute atomic E-state index is 12.6. The van der Waals surface area contributed by atoms with Gasteiger partial charge in [-0.3, -0.25) is 0 Å². The predicted molar refractivity (Wildman–Crippen MR) is 95.5 cm³/mol. The molecule has 0 bridgehead atoms. The molecule has 1 aliphatic rings. The molecule has 0 amide bonds. The molecule has 0 spiro atoms. The predicted octanol–water partition coefficient (Wildman–Crippen LogP) is 2.34. The number of hydrogen-bond acceptors (Lipinski definition) is 6. The Balaban J connectivity index is 1.60. The fraction of sp³-hybridized carbons (Fsp3) is 0.278. The lowest BCUT2D eigenvalue weighted by atomic mass is 10.1. The molecule has 134 valence electrons. The standard InChI is InChI=1S/C18H18N4O3S/c1-25-16-7-3-6-15(19-16)11-26(23,24)18-20-17(21-22-18)14-9-8-12-4-2-5-13(12)10-14/h3,6-10H,2,4-5,11H2,1H3,(H,20,21,22).